The molecule has 0 saturated heterocycles. The van der Waals surface area contributed by atoms with Crippen LogP contribution in [0.25, 0.3) is 0 Å². The third-order valence-electron chi connectivity index (χ3n) is 3.07. The SMILES string of the molecule is CC(Cc1ccco1)NC(C)c1ccc(O)cc1F. The van der Waals surface area contributed by atoms with E-state index in [2.05, 4.69) is 5.32 Å². The van der Waals surface area contributed by atoms with Gasteiger partial charge in [-0.2, -0.15) is 0 Å². The predicted molar refractivity (Wildman–Crippen MR) is 71.5 cm³/mol. The summed E-state index contributed by atoms with van der Waals surface area (Å²) in [6.45, 7) is 3.92. The van der Waals surface area contributed by atoms with Gasteiger partial charge in [-0.15, -0.1) is 0 Å². The van der Waals surface area contributed by atoms with Gasteiger partial charge in [-0.1, -0.05) is 6.07 Å². The molecule has 19 heavy (non-hydrogen) atoms. The average Bonchev–Trinajstić information content (AvgIpc) is 2.81. The molecule has 0 aliphatic heterocycles. The van der Waals surface area contributed by atoms with Crippen molar-refractivity contribution in [3.8, 4) is 5.75 Å². The van der Waals surface area contributed by atoms with Crippen molar-refractivity contribution >= 4 is 0 Å². The largest absolute Gasteiger partial charge is 0.508 e. The number of hydrogen-bond donors (Lipinski definition) is 2. The van der Waals surface area contributed by atoms with E-state index >= 15 is 0 Å². The van der Waals surface area contributed by atoms with Crippen LogP contribution in [0.4, 0.5) is 4.39 Å². The molecule has 2 rings (SSSR count). The second-order valence-corrected chi connectivity index (χ2v) is 4.78. The van der Waals surface area contributed by atoms with Crippen molar-refractivity contribution in [1.82, 2.24) is 5.32 Å². The second-order valence-electron chi connectivity index (χ2n) is 4.78. The van der Waals surface area contributed by atoms with Crippen molar-refractivity contribution in [3.63, 3.8) is 0 Å². The van der Waals surface area contributed by atoms with Gasteiger partial charge in [-0.05, 0) is 32.0 Å². The van der Waals surface area contributed by atoms with Gasteiger partial charge in [-0.25, -0.2) is 4.39 Å². The molecule has 0 spiro atoms. The molecule has 1 aromatic carbocycles. The summed E-state index contributed by atoms with van der Waals surface area (Å²) in [6, 6.07) is 8.02. The summed E-state index contributed by atoms with van der Waals surface area (Å²) in [6.07, 6.45) is 2.39. The molecule has 0 aliphatic rings. The minimum Gasteiger partial charge on any atom is -0.508 e. The van der Waals surface area contributed by atoms with Gasteiger partial charge < -0.3 is 14.8 Å². The summed E-state index contributed by atoms with van der Waals surface area (Å²) in [5.41, 5.74) is 0.545. The van der Waals surface area contributed by atoms with Crippen LogP contribution in [0.1, 0.15) is 31.2 Å². The van der Waals surface area contributed by atoms with Crippen LogP contribution >= 0.6 is 0 Å². The first kappa shape index (κ1) is 13.6. The molecule has 0 radical (unpaired) electrons. The lowest BCUT2D eigenvalue weighted by Gasteiger charge is -2.20. The number of phenolic OH excluding ortho intramolecular Hbond substituents is 1. The molecule has 1 aromatic heterocycles. The van der Waals surface area contributed by atoms with E-state index in [-0.39, 0.29) is 17.8 Å². The van der Waals surface area contributed by atoms with Gasteiger partial charge in [-0.3, -0.25) is 0 Å². The molecule has 102 valence electrons. The van der Waals surface area contributed by atoms with E-state index in [1.807, 2.05) is 26.0 Å². The van der Waals surface area contributed by atoms with Crippen molar-refractivity contribution in [2.75, 3.05) is 0 Å². The first-order valence-corrected chi connectivity index (χ1v) is 6.33. The first-order valence-electron chi connectivity index (χ1n) is 6.33. The van der Waals surface area contributed by atoms with Gasteiger partial charge in [0, 0.05) is 30.1 Å². The van der Waals surface area contributed by atoms with E-state index in [9.17, 15) is 9.50 Å². The Labute approximate surface area is 112 Å². The number of phenols is 1. The smallest absolute Gasteiger partial charge is 0.131 e. The van der Waals surface area contributed by atoms with Gasteiger partial charge >= 0.3 is 0 Å². The van der Waals surface area contributed by atoms with Crippen LogP contribution in [0.2, 0.25) is 0 Å². The standard InChI is InChI=1S/C15H18FNO2/c1-10(8-13-4-3-7-19-13)17-11(2)14-6-5-12(18)9-15(14)16/h3-7,9-11,17-18H,8H2,1-2H3. The molecule has 1 heterocycles. The number of aromatic hydroxyl groups is 1. The fourth-order valence-electron chi connectivity index (χ4n) is 2.17. The molecule has 0 bridgehead atoms. The molecular formula is C15H18FNO2. The third kappa shape index (κ3) is 3.58. The van der Waals surface area contributed by atoms with Gasteiger partial charge in [0.2, 0.25) is 0 Å². The highest BCUT2D eigenvalue weighted by atomic mass is 19.1. The van der Waals surface area contributed by atoms with E-state index in [1.54, 1.807) is 12.3 Å². The first-order chi connectivity index (χ1) is 9.06. The summed E-state index contributed by atoms with van der Waals surface area (Å²) >= 11 is 0. The summed E-state index contributed by atoms with van der Waals surface area (Å²) in [5, 5.41) is 12.5. The maximum Gasteiger partial charge on any atom is 0.131 e. The Morgan fingerprint density at radius 1 is 1.32 bits per heavy atom. The molecule has 0 aliphatic carbocycles. The maximum atomic E-state index is 13.7. The number of hydrogen-bond acceptors (Lipinski definition) is 3. The van der Waals surface area contributed by atoms with Crippen molar-refractivity contribution < 1.29 is 13.9 Å². The highest BCUT2D eigenvalue weighted by Crippen LogP contribution is 2.21. The van der Waals surface area contributed by atoms with E-state index in [0.717, 1.165) is 18.2 Å². The molecule has 4 heteroatoms. The van der Waals surface area contributed by atoms with E-state index in [4.69, 9.17) is 4.42 Å². The zero-order valence-corrected chi connectivity index (χ0v) is 11.1. The fourth-order valence-corrected chi connectivity index (χ4v) is 2.17. The van der Waals surface area contributed by atoms with Gasteiger partial charge in [0.1, 0.15) is 17.3 Å². The van der Waals surface area contributed by atoms with E-state index < -0.39 is 5.82 Å². The number of nitrogens with one attached hydrogen (secondary N) is 1. The highest BCUT2D eigenvalue weighted by molar-refractivity contribution is 5.29. The zero-order valence-electron chi connectivity index (χ0n) is 11.1. The van der Waals surface area contributed by atoms with Crippen molar-refractivity contribution in [1.29, 1.82) is 0 Å². The fraction of sp³-hybridized carbons (Fsp3) is 0.333. The molecular weight excluding hydrogens is 245 g/mol. The lowest BCUT2D eigenvalue weighted by atomic mass is 10.1. The lowest BCUT2D eigenvalue weighted by molar-refractivity contribution is 0.420. The topological polar surface area (TPSA) is 45.4 Å². The Kier molecular flexibility index (Phi) is 4.22. The highest BCUT2D eigenvalue weighted by Gasteiger charge is 2.14. The van der Waals surface area contributed by atoms with Crippen LogP contribution in [0.15, 0.2) is 41.0 Å². The molecule has 0 fully saturated rings. The summed E-state index contributed by atoms with van der Waals surface area (Å²) < 4.78 is 19.0. The molecule has 3 nitrogen and oxygen atoms in total. The number of rotatable bonds is 5. The third-order valence-corrected chi connectivity index (χ3v) is 3.07. The molecule has 2 atom stereocenters. The monoisotopic (exact) mass is 263 g/mol. The van der Waals surface area contributed by atoms with Crippen LogP contribution in [0, 0.1) is 5.82 Å². The average molecular weight is 263 g/mol. The normalized spacial score (nSPS) is 14.3. The summed E-state index contributed by atoms with van der Waals surface area (Å²) in [7, 11) is 0. The Morgan fingerprint density at radius 2 is 2.11 bits per heavy atom. The summed E-state index contributed by atoms with van der Waals surface area (Å²) in [5.74, 6) is 0.445. The van der Waals surface area contributed by atoms with Gasteiger partial charge in [0.15, 0.2) is 0 Å². The van der Waals surface area contributed by atoms with Crippen molar-refractivity contribution in [2.24, 2.45) is 0 Å². The van der Waals surface area contributed by atoms with Crippen molar-refractivity contribution in [3.05, 3.63) is 53.7 Å². The Bertz CT molecular complexity index is 525. The number of benzene rings is 1. The van der Waals surface area contributed by atoms with E-state index in [1.165, 1.54) is 6.07 Å². The molecule has 0 amide bonds. The van der Waals surface area contributed by atoms with Crippen LogP contribution in [0.5, 0.6) is 5.75 Å². The summed E-state index contributed by atoms with van der Waals surface area (Å²) in [4.78, 5) is 0. The minimum absolute atomic E-state index is 0.0583. The maximum absolute atomic E-state index is 13.7. The molecule has 2 aromatic rings. The van der Waals surface area contributed by atoms with Crippen LogP contribution in [0.3, 0.4) is 0 Å². The minimum atomic E-state index is -0.398. The Morgan fingerprint density at radius 3 is 2.74 bits per heavy atom. The molecule has 0 saturated carbocycles. The quantitative estimate of drug-likeness (QED) is 0.869. The molecule has 2 unspecified atom stereocenters. The van der Waals surface area contributed by atoms with Gasteiger partial charge in [0.25, 0.3) is 0 Å². The molecule has 2 N–H and O–H groups in total. The van der Waals surface area contributed by atoms with Crippen molar-refractivity contribution in [2.45, 2.75) is 32.4 Å². The Balaban J connectivity index is 1.98. The van der Waals surface area contributed by atoms with E-state index in [0.29, 0.717) is 5.56 Å². The Hall–Kier alpha value is -1.81. The zero-order chi connectivity index (χ0) is 13.8. The van der Waals surface area contributed by atoms with Crippen LogP contribution in [-0.4, -0.2) is 11.1 Å². The van der Waals surface area contributed by atoms with Crippen LogP contribution < -0.4 is 5.32 Å². The number of furan rings is 1. The second kappa shape index (κ2) is 5.89. The van der Waals surface area contributed by atoms with Gasteiger partial charge in [0.05, 0.1) is 6.26 Å². The van der Waals surface area contributed by atoms with Crippen LogP contribution in [-0.2, 0) is 6.42 Å². The predicted octanol–water partition coefficient (Wildman–Crippen LogP) is 3.41. The number of halogens is 1. The lowest BCUT2D eigenvalue weighted by Crippen LogP contribution is -2.31.